The fourth-order valence-corrected chi connectivity index (χ4v) is 4.91. The smallest absolute Gasteiger partial charge is 0.191 e. The van der Waals surface area contributed by atoms with Crippen molar-refractivity contribution in [2.75, 3.05) is 13.6 Å². The van der Waals surface area contributed by atoms with E-state index >= 15 is 0 Å². The molecule has 0 radical (unpaired) electrons. The average molecular weight is 542 g/mol. The molecule has 2 heterocycles. The van der Waals surface area contributed by atoms with Crippen LogP contribution in [0.5, 0.6) is 0 Å². The lowest BCUT2D eigenvalue weighted by molar-refractivity contribution is 0.134. The summed E-state index contributed by atoms with van der Waals surface area (Å²) >= 11 is 1.80. The molecular weight excluding hydrogens is 505 g/mol. The fourth-order valence-electron chi connectivity index (χ4n) is 3.84. The quantitative estimate of drug-likeness (QED) is 0.304. The third-order valence-corrected chi connectivity index (χ3v) is 6.44. The van der Waals surface area contributed by atoms with Gasteiger partial charge in [-0.3, -0.25) is 9.89 Å². The molecule has 0 bridgehead atoms. The maximum absolute atomic E-state index is 4.54. The summed E-state index contributed by atoms with van der Waals surface area (Å²) in [5.74, 6) is 1.53. The van der Waals surface area contributed by atoms with E-state index in [0.717, 1.165) is 44.9 Å². The van der Waals surface area contributed by atoms with Crippen LogP contribution in [0.1, 0.15) is 49.1 Å². The minimum absolute atomic E-state index is 0. The zero-order valence-electron chi connectivity index (χ0n) is 18.6. The Labute approximate surface area is 202 Å². The molecule has 7 heteroatoms. The molecule has 0 saturated carbocycles. The zero-order chi connectivity index (χ0) is 20.6. The normalized spacial score (nSPS) is 20.1. The van der Waals surface area contributed by atoms with E-state index in [1.54, 1.807) is 11.3 Å². The molecule has 2 unspecified atom stereocenters. The summed E-state index contributed by atoms with van der Waals surface area (Å²) in [4.78, 5) is 12.8. The second-order valence-corrected chi connectivity index (χ2v) is 9.61. The van der Waals surface area contributed by atoms with Crippen molar-refractivity contribution in [3.63, 3.8) is 0 Å². The highest BCUT2D eigenvalue weighted by atomic mass is 127. The predicted octanol–water partition coefficient (Wildman–Crippen LogP) is 4.68. The highest BCUT2D eigenvalue weighted by Crippen LogP contribution is 2.20. The molecule has 1 saturated heterocycles. The number of hydrogen-bond donors (Lipinski definition) is 2. The topological polar surface area (TPSA) is 52.6 Å². The number of rotatable bonds is 7. The van der Waals surface area contributed by atoms with Crippen molar-refractivity contribution in [1.82, 2.24) is 20.5 Å². The van der Waals surface area contributed by atoms with Gasteiger partial charge in [-0.15, -0.1) is 35.3 Å². The van der Waals surface area contributed by atoms with E-state index < -0.39 is 0 Å². The molecule has 0 amide bonds. The summed E-state index contributed by atoms with van der Waals surface area (Å²) in [6, 6.07) is 11.8. The number of hydrogen-bond acceptors (Lipinski definition) is 4. The molecular formula is C23H36IN5S. The number of likely N-dealkylation sites (tertiary alicyclic amines) is 1. The first kappa shape index (κ1) is 25.1. The molecule has 2 atom stereocenters. The molecule has 30 heavy (non-hydrogen) atoms. The first-order chi connectivity index (χ1) is 14.0. The molecule has 1 aliphatic rings. The van der Waals surface area contributed by atoms with Crippen LogP contribution in [0.15, 0.2) is 41.5 Å². The van der Waals surface area contributed by atoms with Crippen molar-refractivity contribution < 1.29 is 0 Å². The lowest BCUT2D eigenvalue weighted by Crippen LogP contribution is -2.51. The van der Waals surface area contributed by atoms with Gasteiger partial charge in [-0.1, -0.05) is 44.2 Å². The number of nitrogens with zero attached hydrogens (tertiary/aromatic N) is 3. The van der Waals surface area contributed by atoms with Crippen LogP contribution in [0.2, 0.25) is 0 Å². The number of aromatic nitrogens is 1. The Morgan fingerprint density at radius 1 is 1.30 bits per heavy atom. The van der Waals surface area contributed by atoms with Gasteiger partial charge in [0, 0.05) is 49.7 Å². The van der Waals surface area contributed by atoms with Gasteiger partial charge in [0.25, 0.3) is 0 Å². The molecule has 1 aromatic carbocycles. The number of piperidine rings is 1. The Kier molecular flexibility index (Phi) is 10.5. The molecule has 0 spiro atoms. The van der Waals surface area contributed by atoms with Crippen LogP contribution in [0.3, 0.4) is 0 Å². The molecule has 5 nitrogen and oxygen atoms in total. The van der Waals surface area contributed by atoms with Gasteiger partial charge in [-0.2, -0.15) is 0 Å². The Hall–Kier alpha value is -1.19. The van der Waals surface area contributed by atoms with Crippen molar-refractivity contribution in [2.24, 2.45) is 10.9 Å². The second kappa shape index (κ2) is 12.6. The van der Waals surface area contributed by atoms with Gasteiger partial charge in [0.05, 0.1) is 11.6 Å². The van der Waals surface area contributed by atoms with E-state index in [-0.39, 0.29) is 24.0 Å². The summed E-state index contributed by atoms with van der Waals surface area (Å²) < 4.78 is 0. The Morgan fingerprint density at radius 3 is 2.73 bits per heavy atom. The lowest BCUT2D eigenvalue weighted by Gasteiger charge is -2.38. The van der Waals surface area contributed by atoms with Gasteiger partial charge < -0.3 is 10.6 Å². The van der Waals surface area contributed by atoms with Gasteiger partial charge in [0.1, 0.15) is 0 Å². The van der Waals surface area contributed by atoms with Crippen LogP contribution in [0.4, 0.5) is 0 Å². The van der Waals surface area contributed by atoms with Gasteiger partial charge in [-0.25, -0.2) is 4.98 Å². The number of guanidine groups is 1. The molecule has 0 aliphatic carbocycles. The minimum Gasteiger partial charge on any atom is -0.354 e. The highest BCUT2D eigenvalue weighted by Gasteiger charge is 2.26. The molecule has 2 aromatic rings. The summed E-state index contributed by atoms with van der Waals surface area (Å²) in [5, 5.41) is 8.31. The molecule has 1 aliphatic heterocycles. The van der Waals surface area contributed by atoms with Crippen molar-refractivity contribution in [2.45, 2.75) is 65.2 Å². The Morgan fingerprint density at radius 2 is 2.07 bits per heavy atom. The minimum atomic E-state index is 0. The second-order valence-electron chi connectivity index (χ2n) is 8.41. The van der Waals surface area contributed by atoms with Gasteiger partial charge in [-0.05, 0) is 31.2 Å². The predicted molar refractivity (Wildman–Crippen MR) is 139 cm³/mol. The van der Waals surface area contributed by atoms with Crippen molar-refractivity contribution >= 4 is 41.3 Å². The summed E-state index contributed by atoms with van der Waals surface area (Å²) in [7, 11) is 1.85. The van der Waals surface area contributed by atoms with E-state index in [4.69, 9.17) is 0 Å². The van der Waals surface area contributed by atoms with Crippen LogP contribution >= 0.6 is 35.3 Å². The summed E-state index contributed by atoms with van der Waals surface area (Å²) in [6.45, 7) is 9.72. The summed E-state index contributed by atoms with van der Waals surface area (Å²) in [5.41, 5.74) is 1.39. The van der Waals surface area contributed by atoms with Crippen LogP contribution in [-0.2, 0) is 19.5 Å². The Bertz CT molecular complexity index is 777. The standard InChI is InChI=1S/C23H35N5S.HI/c1-17(2)12-22-25-14-21(29-22)15-26-23(24-4)27-20-10-11-28(18(3)13-20)16-19-8-6-5-7-9-19;/h5-9,14,17-18,20H,10-13,15-16H2,1-4H3,(H2,24,26,27);1H. The van der Waals surface area contributed by atoms with Gasteiger partial charge in [0.2, 0.25) is 0 Å². The molecule has 1 aromatic heterocycles. The van der Waals surface area contributed by atoms with Crippen LogP contribution in [0.25, 0.3) is 0 Å². The van der Waals surface area contributed by atoms with Crippen LogP contribution < -0.4 is 10.6 Å². The van der Waals surface area contributed by atoms with Crippen molar-refractivity contribution in [3.8, 4) is 0 Å². The summed E-state index contributed by atoms with van der Waals surface area (Å²) in [6.07, 6.45) is 5.31. The highest BCUT2D eigenvalue weighted by molar-refractivity contribution is 14.0. The number of halogens is 1. The van der Waals surface area contributed by atoms with E-state index in [1.807, 2.05) is 13.2 Å². The number of aliphatic imine (C=N–C) groups is 1. The lowest BCUT2D eigenvalue weighted by atomic mass is 9.97. The number of thiazole rings is 1. The fraction of sp³-hybridized carbons (Fsp3) is 0.565. The molecule has 166 valence electrons. The van der Waals surface area contributed by atoms with Crippen LogP contribution in [-0.4, -0.2) is 41.5 Å². The zero-order valence-corrected chi connectivity index (χ0v) is 21.7. The molecule has 1 fully saturated rings. The van der Waals surface area contributed by atoms with Crippen molar-refractivity contribution in [3.05, 3.63) is 52.0 Å². The number of benzene rings is 1. The largest absolute Gasteiger partial charge is 0.354 e. The third-order valence-electron chi connectivity index (χ3n) is 5.42. The van der Waals surface area contributed by atoms with Gasteiger partial charge in [0.15, 0.2) is 5.96 Å². The number of nitrogens with one attached hydrogen (secondary N) is 2. The Balaban J connectivity index is 0.00000320. The third kappa shape index (κ3) is 7.81. The van der Waals surface area contributed by atoms with E-state index in [0.29, 0.717) is 18.0 Å². The SMILES string of the molecule is CN=C(NCc1cnc(CC(C)C)s1)NC1CCN(Cc2ccccc2)C(C)C1.I. The first-order valence-corrected chi connectivity index (χ1v) is 11.5. The maximum atomic E-state index is 4.54. The van der Waals surface area contributed by atoms with E-state index in [9.17, 15) is 0 Å². The van der Waals surface area contributed by atoms with Gasteiger partial charge >= 0.3 is 0 Å². The van der Waals surface area contributed by atoms with Crippen LogP contribution in [0, 0.1) is 5.92 Å². The molecule has 3 rings (SSSR count). The average Bonchev–Trinajstić information content (AvgIpc) is 3.14. The van der Waals surface area contributed by atoms with E-state index in [2.05, 4.69) is 76.6 Å². The monoisotopic (exact) mass is 541 g/mol. The van der Waals surface area contributed by atoms with E-state index in [1.165, 1.54) is 15.4 Å². The first-order valence-electron chi connectivity index (χ1n) is 10.7. The van der Waals surface area contributed by atoms with Crippen molar-refractivity contribution in [1.29, 1.82) is 0 Å². The maximum Gasteiger partial charge on any atom is 0.191 e. The molecule has 2 N–H and O–H groups in total.